The van der Waals surface area contributed by atoms with Gasteiger partial charge in [0, 0.05) is 14.9 Å². The first-order chi connectivity index (χ1) is 10.6. The molecule has 1 amide bonds. The fraction of sp³-hybridized carbons (Fsp3) is 0.294. The van der Waals surface area contributed by atoms with Gasteiger partial charge in [0.15, 0.2) is 0 Å². The average Bonchev–Trinajstić information content (AvgIpc) is 2.83. The molecule has 0 saturated carbocycles. The van der Waals surface area contributed by atoms with E-state index in [9.17, 15) is 10.1 Å². The molecule has 112 valence electrons. The van der Waals surface area contributed by atoms with Gasteiger partial charge in [-0.3, -0.25) is 4.79 Å². The van der Waals surface area contributed by atoms with Crippen molar-refractivity contribution in [3.05, 3.63) is 50.3 Å². The number of carbonyl (C=O) groups is 1. The second kappa shape index (κ2) is 6.23. The molecule has 1 aromatic heterocycles. The number of thiophene rings is 1. The monoisotopic (exact) mass is 374 g/mol. The Kier molecular flexibility index (Phi) is 4.32. The lowest BCUT2D eigenvalue weighted by molar-refractivity contribution is 0.102. The molecule has 0 fully saturated rings. The smallest absolute Gasteiger partial charge is 0.256 e. The van der Waals surface area contributed by atoms with Gasteiger partial charge >= 0.3 is 0 Å². The van der Waals surface area contributed by atoms with Gasteiger partial charge in [-0.1, -0.05) is 28.9 Å². The Balaban J connectivity index is 1.90. The number of hydrogen-bond acceptors (Lipinski definition) is 3. The second-order valence-corrected chi connectivity index (χ2v) is 7.65. The van der Waals surface area contributed by atoms with Crippen LogP contribution in [0.15, 0.2) is 28.7 Å². The molecule has 1 atom stereocenters. The van der Waals surface area contributed by atoms with Crippen molar-refractivity contribution in [2.24, 2.45) is 5.92 Å². The maximum Gasteiger partial charge on any atom is 0.256 e. The molecule has 22 heavy (non-hydrogen) atoms. The van der Waals surface area contributed by atoms with Gasteiger partial charge in [-0.15, -0.1) is 11.3 Å². The molecule has 1 heterocycles. The zero-order valence-electron chi connectivity index (χ0n) is 12.1. The third kappa shape index (κ3) is 2.94. The SMILES string of the molecule is C[C@@H]1CCc2c(sc(NC(=O)c3cccc(Br)c3)c2C#N)C1. The second-order valence-electron chi connectivity index (χ2n) is 5.63. The zero-order valence-corrected chi connectivity index (χ0v) is 14.6. The van der Waals surface area contributed by atoms with Crippen LogP contribution in [0.5, 0.6) is 0 Å². The van der Waals surface area contributed by atoms with E-state index in [-0.39, 0.29) is 5.91 Å². The normalized spacial score (nSPS) is 16.7. The fourth-order valence-corrected chi connectivity index (χ4v) is 4.52. The molecule has 1 aliphatic rings. The summed E-state index contributed by atoms with van der Waals surface area (Å²) in [5.41, 5.74) is 2.36. The molecular weight excluding hydrogens is 360 g/mol. The quantitative estimate of drug-likeness (QED) is 0.823. The van der Waals surface area contributed by atoms with E-state index < -0.39 is 0 Å². The first-order valence-corrected chi connectivity index (χ1v) is 8.81. The molecule has 2 aromatic rings. The molecule has 1 aromatic carbocycles. The molecule has 1 aliphatic carbocycles. The number of nitriles is 1. The van der Waals surface area contributed by atoms with Crippen molar-refractivity contribution in [2.45, 2.75) is 26.2 Å². The molecule has 0 unspecified atom stereocenters. The van der Waals surface area contributed by atoms with E-state index in [4.69, 9.17) is 0 Å². The molecular formula is C17H15BrN2OS. The highest BCUT2D eigenvalue weighted by Gasteiger charge is 2.24. The number of benzene rings is 1. The van der Waals surface area contributed by atoms with Crippen LogP contribution in [-0.2, 0) is 12.8 Å². The Morgan fingerprint density at radius 1 is 1.50 bits per heavy atom. The molecule has 1 N–H and O–H groups in total. The number of anilines is 1. The number of hydrogen-bond donors (Lipinski definition) is 1. The van der Waals surface area contributed by atoms with Gasteiger partial charge in [-0.2, -0.15) is 5.26 Å². The average molecular weight is 375 g/mol. The van der Waals surface area contributed by atoms with Crippen LogP contribution < -0.4 is 5.32 Å². The summed E-state index contributed by atoms with van der Waals surface area (Å²) in [6.07, 6.45) is 3.04. The van der Waals surface area contributed by atoms with Crippen LogP contribution in [0.3, 0.4) is 0 Å². The molecule has 5 heteroatoms. The predicted octanol–water partition coefficient (Wildman–Crippen LogP) is 4.76. The number of nitrogens with zero attached hydrogens (tertiary/aromatic N) is 1. The number of halogens is 1. The fourth-order valence-electron chi connectivity index (χ4n) is 2.76. The third-order valence-corrected chi connectivity index (χ3v) is 5.60. The summed E-state index contributed by atoms with van der Waals surface area (Å²) in [5.74, 6) is 0.468. The summed E-state index contributed by atoms with van der Waals surface area (Å²) < 4.78 is 0.861. The van der Waals surface area contributed by atoms with E-state index in [0.29, 0.717) is 22.0 Å². The van der Waals surface area contributed by atoms with Crippen molar-refractivity contribution in [3.63, 3.8) is 0 Å². The molecule has 0 radical (unpaired) electrons. The molecule has 0 saturated heterocycles. The van der Waals surface area contributed by atoms with Gasteiger partial charge in [-0.05, 0) is 48.9 Å². The predicted molar refractivity (Wildman–Crippen MR) is 92.3 cm³/mol. The van der Waals surface area contributed by atoms with Gasteiger partial charge < -0.3 is 5.32 Å². The van der Waals surface area contributed by atoms with Gasteiger partial charge in [0.05, 0.1) is 5.56 Å². The van der Waals surface area contributed by atoms with Crippen LogP contribution in [0, 0.1) is 17.2 Å². The van der Waals surface area contributed by atoms with Gasteiger partial charge in [0.2, 0.25) is 0 Å². The molecule has 0 bridgehead atoms. The minimum absolute atomic E-state index is 0.176. The van der Waals surface area contributed by atoms with Crippen molar-refractivity contribution in [1.82, 2.24) is 0 Å². The highest BCUT2D eigenvalue weighted by Crippen LogP contribution is 2.39. The van der Waals surface area contributed by atoms with Crippen LogP contribution in [0.2, 0.25) is 0 Å². The summed E-state index contributed by atoms with van der Waals surface area (Å²) in [6, 6.07) is 9.52. The minimum atomic E-state index is -0.176. The molecule has 3 rings (SSSR count). The summed E-state index contributed by atoms with van der Waals surface area (Å²) >= 11 is 4.92. The molecule has 0 spiro atoms. The number of carbonyl (C=O) groups excluding carboxylic acids is 1. The molecule has 3 nitrogen and oxygen atoms in total. The highest BCUT2D eigenvalue weighted by atomic mass is 79.9. The van der Waals surface area contributed by atoms with Crippen LogP contribution in [0.25, 0.3) is 0 Å². The maximum atomic E-state index is 12.4. The van der Waals surface area contributed by atoms with Crippen LogP contribution in [0.4, 0.5) is 5.00 Å². The van der Waals surface area contributed by atoms with Crippen molar-refractivity contribution in [2.75, 3.05) is 5.32 Å². The van der Waals surface area contributed by atoms with Crippen molar-refractivity contribution in [3.8, 4) is 6.07 Å². The van der Waals surface area contributed by atoms with Crippen molar-refractivity contribution >= 4 is 38.2 Å². The van der Waals surface area contributed by atoms with Crippen LogP contribution >= 0.6 is 27.3 Å². The summed E-state index contributed by atoms with van der Waals surface area (Å²) in [5, 5.41) is 13.1. The number of nitrogens with one attached hydrogen (secondary N) is 1. The van der Waals surface area contributed by atoms with E-state index >= 15 is 0 Å². The van der Waals surface area contributed by atoms with Crippen molar-refractivity contribution in [1.29, 1.82) is 5.26 Å². The largest absolute Gasteiger partial charge is 0.312 e. The Labute approximate surface area is 142 Å². The Morgan fingerprint density at radius 3 is 3.05 bits per heavy atom. The van der Waals surface area contributed by atoms with E-state index in [1.807, 2.05) is 12.1 Å². The van der Waals surface area contributed by atoms with Gasteiger partial charge in [0.1, 0.15) is 11.1 Å². The topological polar surface area (TPSA) is 52.9 Å². The lowest BCUT2D eigenvalue weighted by Gasteiger charge is -2.17. The van der Waals surface area contributed by atoms with Gasteiger partial charge in [-0.25, -0.2) is 0 Å². The van der Waals surface area contributed by atoms with Crippen molar-refractivity contribution < 1.29 is 4.79 Å². The first-order valence-electron chi connectivity index (χ1n) is 7.20. The van der Waals surface area contributed by atoms with E-state index in [2.05, 4.69) is 34.2 Å². The van der Waals surface area contributed by atoms with E-state index in [1.54, 1.807) is 23.5 Å². The third-order valence-electron chi connectivity index (χ3n) is 3.94. The standard InChI is InChI=1S/C17H15BrN2OS/c1-10-5-6-13-14(9-19)17(22-15(13)7-10)20-16(21)11-3-2-4-12(18)8-11/h2-4,8,10H,5-7H2,1H3,(H,20,21)/t10-/m1/s1. The van der Waals surface area contributed by atoms with E-state index in [0.717, 1.165) is 29.3 Å². The number of amides is 1. The Hall–Kier alpha value is -1.64. The van der Waals surface area contributed by atoms with Gasteiger partial charge in [0.25, 0.3) is 5.91 Å². The number of fused-ring (bicyclic) bond motifs is 1. The maximum absolute atomic E-state index is 12.4. The lowest BCUT2D eigenvalue weighted by atomic mass is 9.88. The van der Waals surface area contributed by atoms with Crippen LogP contribution in [0.1, 0.15) is 39.7 Å². The summed E-state index contributed by atoms with van der Waals surface area (Å²) in [7, 11) is 0. The minimum Gasteiger partial charge on any atom is -0.312 e. The van der Waals surface area contributed by atoms with E-state index in [1.165, 1.54) is 4.88 Å². The Morgan fingerprint density at radius 2 is 2.32 bits per heavy atom. The first kappa shape index (κ1) is 15.3. The lowest BCUT2D eigenvalue weighted by Crippen LogP contribution is -2.12. The Bertz CT molecular complexity index is 775. The zero-order chi connectivity index (χ0) is 15.7. The summed E-state index contributed by atoms with van der Waals surface area (Å²) in [4.78, 5) is 13.6. The highest BCUT2D eigenvalue weighted by molar-refractivity contribution is 9.10. The summed E-state index contributed by atoms with van der Waals surface area (Å²) in [6.45, 7) is 2.23. The number of rotatable bonds is 2. The van der Waals surface area contributed by atoms with Crippen LogP contribution in [-0.4, -0.2) is 5.91 Å². The molecule has 0 aliphatic heterocycles.